The average molecular weight is 343 g/mol. The highest BCUT2D eigenvalue weighted by molar-refractivity contribution is 6.29. The van der Waals surface area contributed by atoms with Gasteiger partial charge in [-0.2, -0.15) is 8.78 Å². The highest BCUT2D eigenvalue weighted by Crippen LogP contribution is 2.52. The summed E-state index contributed by atoms with van der Waals surface area (Å²) in [4.78, 5) is 4.11. The minimum absolute atomic E-state index is 0.260. The Kier molecular flexibility index (Phi) is 4.23. The largest absolute Gasteiger partial charge is 0.478 e. The van der Waals surface area contributed by atoms with Gasteiger partial charge in [-0.15, -0.1) is 10.2 Å². The van der Waals surface area contributed by atoms with E-state index in [1.54, 1.807) is 12.1 Å². The molecule has 1 aliphatic carbocycles. The van der Waals surface area contributed by atoms with Crippen LogP contribution in [0.1, 0.15) is 44.6 Å². The van der Waals surface area contributed by atoms with Crippen molar-refractivity contribution < 1.29 is 13.5 Å². The first kappa shape index (κ1) is 16.1. The summed E-state index contributed by atoms with van der Waals surface area (Å²) < 4.78 is 32.8. The van der Waals surface area contributed by atoms with E-state index in [0.29, 0.717) is 31.2 Å². The third-order valence-corrected chi connectivity index (χ3v) is 4.41. The quantitative estimate of drug-likeness (QED) is 0.775. The fourth-order valence-electron chi connectivity index (χ4n) is 3.38. The van der Waals surface area contributed by atoms with Gasteiger partial charge < -0.3 is 4.74 Å². The molecule has 0 spiro atoms. The first-order valence-electron chi connectivity index (χ1n) is 7.45. The Morgan fingerprint density at radius 1 is 1.43 bits per heavy atom. The van der Waals surface area contributed by atoms with Gasteiger partial charge in [0.05, 0.1) is 12.0 Å². The van der Waals surface area contributed by atoms with Gasteiger partial charge >= 0.3 is 6.55 Å². The predicted molar refractivity (Wildman–Crippen MR) is 80.9 cm³/mol. The van der Waals surface area contributed by atoms with Crippen molar-refractivity contribution in [3.05, 3.63) is 35.0 Å². The van der Waals surface area contributed by atoms with Crippen molar-refractivity contribution in [2.45, 2.75) is 38.7 Å². The minimum Gasteiger partial charge on any atom is -0.478 e. The van der Waals surface area contributed by atoms with E-state index in [1.165, 1.54) is 0 Å². The van der Waals surface area contributed by atoms with Gasteiger partial charge in [-0.1, -0.05) is 18.5 Å². The van der Waals surface area contributed by atoms with E-state index in [9.17, 15) is 8.78 Å². The molecule has 1 fully saturated rings. The van der Waals surface area contributed by atoms with E-state index in [0.717, 1.165) is 16.5 Å². The van der Waals surface area contributed by atoms with Crippen molar-refractivity contribution in [1.82, 2.24) is 19.7 Å². The molecule has 1 aliphatic rings. The van der Waals surface area contributed by atoms with Crippen molar-refractivity contribution in [1.29, 1.82) is 0 Å². The lowest BCUT2D eigenvalue weighted by Gasteiger charge is -2.46. The first-order chi connectivity index (χ1) is 11.0. The van der Waals surface area contributed by atoms with Crippen LogP contribution < -0.4 is 4.74 Å². The molecule has 8 heteroatoms. The fourth-order valence-corrected chi connectivity index (χ4v) is 3.58. The van der Waals surface area contributed by atoms with E-state index in [-0.39, 0.29) is 11.0 Å². The van der Waals surface area contributed by atoms with E-state index in [2.05, 4.69) is 22.1 Å². The van der Waals surface area contributed by atoms with Crippen molar-refractivity contribution in [2.75, 3.05) is 6.61 Å². The van der Waals surface area contributed by atoms with Crippen LogP contribution in [0.2, 0.25) is 5.15 Å². The standard InChI is InChI=1S/C15H17ClF2N4O/c1-3-23-12-5-10(4-11(16)20-12)15(6-9(2)7-15)13-21-19-8-22(13)14(17)18/h4-5,8-9,14H,3,6-7H2,1-2H3. The second kappa shape index (κ2) is 6.03. The summed E-state index contributed by atoms with van der Waals surface area (Å²) in [5.41, 5.74) is 0.152. The highest BCUT2D eigenvalue weighted by Gasteiger charge is 2.49. The number of rotatable bonds is 5. The monoisotopic (exact) mass is 342 g/mol. The lowest BCUT2D eigenvalue weighted by molar-refractivity contribution is 0.0556. The molecule has 0 saturated heterocycles. The zero-order chi connectivity index (χ0) is 16.6. The molecule has 2 aromatic rings. The van der Waals surface area contributed by atoms with E-state index in [4.69, 9.17) is 16.3 Å². The maximum atomic E-state index is 13.3. The number of pyridine rings is 1. The SMILES string of the molecule is CCOc1cc(C2(c3nncn3C(F)F)CC(C)C2)cc(Cl)n1. The first-order valence-corrected chi connectivity index (χ1v) is 7.83. The summed E-state index contributed by atoms with van der Waals surface area (Å²) in [7, 11) is 0. The number of alkyl halides is 2. The molecule has 0 N–H and O–H groups in total. The van der Waals surface area contributed by atoms with Crippen LogP contribution in [0.4, 0.5) is 8.78 Å². The number of ether oxygens (including phenoxy) is 1. The summed E-state index contributed by atoms with van der Waals surface area (Å²) in [6.45, 7) is 1.69. The minimum atomic E-state index is -2.68. The van der Waals surface area contributed by atoms with Crippen LogP contribution in [0.25, 0.3) is 0 Å². The lowest BCUT2D eigenvalue weighted by Crippen LogP contribution is -2.43. The summed E-state index contributed by atoms with van der Waals surface area (Å²) >= 11 is 6.09. The fraction of sp³-hybridized carbons (Fsp3) is 0.533. The smallest absolute Gasteiger partial charge is 0.321 e. The molecule has 3 rings (SSSR count). The van der Waals surface area contributed by atoms with Gasteiger partial charge in [-0.05, 0) is 37.3 Å². The molecule has 0 aliphatic heterocycles. The van der Waals surface area contributed by atoms with Crippen LogP contribution in [0.3, 0.4) is 0 Å². The highest BCUT2D eigenvalue weighted by atomic mass is 35.5. The summed E-state index contributed by atoms with van der Waals surface area (Å²) in [6.07, 6.45) is 2.46. The van der Waals surface area contributed by atoms with Gasteiger partial charge in [-0.3, -0.25) is 4.57 Å². The molecule has 124 valence electrons. The molecule has 0 bridgehead atoms. The Balaban J connectivity index is 2.10. The zero-order valence-electron chi connectivity index (χ0n) is 12.8. The molecule has 2 heterocycles. The third-order valence-electron chi connectivity index (χ3n) is 4.22. The van der Waals surface area contributed by atoms with Gasteiger partial charge in [0.2, 0.25) is 5.88 Å². The molecule has 2 aromatic heterocycles. The van der Waals surface area contributed by atoms with E-state index in [1.807, 2.05) is 6.92 Å². The van der Waals surface area contributed by atoms with Gasteiger partial charge in [0.15, 0.2) is 0 Å². The average Bonchev–Trinajstić information content (AvgIpc) is 2.93. The zero-order valence-corrected chi connectivity index (χ0v) is 13.6. The third kappa shape index (κ3) is 2.78. The molecule has 1 saturated carbocycles. The van der Waals surface area contributed by atoms with Crippen molar-refractivity contribution in [2.24, 2.45) is 5.92 Å². The topological polar surface area (TPSA) is 52.8 Å². The van der Waals surface area contributed by atoms with E-state index < -0.39 is 12.0 Å². The molecule has 23 heavy (non-hydrogen) atoms. The number of halogens is 3. The van der Waals surface area contributed by atoms with Crippen molar-refractivity contribution in [3.8, 4) is 5.88 Å². The van der Waals surface area contributed by atoms with Gasteiger partial charge in [0.25, 0.3) is 0 Å². The number of nitrogens with zero attached hydrogens (tertiary/aromatic N) is 4. The molecular formula is C15H17ClF2N4O. The summed E-state index contributed by atoms with van der Waals surface area (Å²) in [5.74, 6) is 1.05. The Labute approximate surface area is 137 Å². The van der Waals surface area contributed by atoms with Crippen molar-refractivity contribution >= 4 is 11.6 Å². The van der Waals surface area contributed by atoms with Gasteiger partial charge in [0.1, 0.15) is 17.3 Å². The maximum Gasteiger partial charge on any atom is 0.321 e. The Morgan fingerprint density at radius 3 is 2.78 bits per heavy atom. The Morgan fingerprint density at radius 2 is 2.17 bits per heavy atom. The van der Waals surface area contributed by atoms with Gasteiger partial charge in [-0.25, -0.2) is 4.98 Å². The predicted octanol–water partition coefficient (Wildman–Crippen LogP) is 3.84. The molecular weight excluding hydrogens is 326 g/mol. The molecule has 0 unspecified atom stereocenters. The lowest BCUT2D eigenvalue weighted by atomic mass is 9.58. The van der Waals surface area contributed by atoms with Crippen LogP contribution in [0, 0.1) is 5.92 Å². The van der Waals surface area contributed by atoms with Crippen molar-refractivity contribution in [3.63, 3.8) is 0 Å². The van der Waals surface area contributed by atoms with Crippen LogP contribution in [-0.4, -0.2) is 26.4 Å². The number of aromatic nitrogens is 4. The normalized spacial score (nSPS) is 23.8. The second-order valence-corrected chi connectivity index (χ2v) is 6.27. The Hall–Kier alpha value is -1.76. The molecule has 0 radical (unpaired) electrons. The van der Waals surface area contributed by atoms with E-state index >= 15 is 0 Å². The molecule has 0 amide bonds. The summed E-state index contributed by atoms with van der Waals surface area (Å²) in [5, 5.41) is 7.92. The number of hydrogen-bond donors (Lipinski definition) is 0. The maximum absolute atomic E-state index is 13.3. The van der Waals surface area contributed by atoms with Crippen LogP contribution in [-0.2, 0) is 5.41 Å². The molecule has 5 nitrogen and oxygen atoms in total. The van der Waals surface area contributed by atoms with Crippen LogP contribution in [0.5, 0.6) is 5.88 Å². The van der Waals surface area contributed by atoms with Crippen LogP contribution in [0.15, 0.2) is 18.5 Å². The van der Waals surface area contributed by atoms with Crippen LogP contribution >= 0.6 is 11.6 Å². The second-order valence-electron chi connectivity index (χ2n) is 5.88. The number of hydrogen-bond acceptors (Lipinski definition) is 4. The molecule has 0 aromatic carbocycles. The Bertz CT molecular complexity index is 701. The summed E-state index contributed by atoms with van der Waals surface area (Å²) in [6, 6.07) is 3.45. The van der Waals surface area contributed by atoms with Gasteiger partial charge in [0, 0.05) is 6.07 Å². The molecule has 0 atom stereocenters.